The highest BCUT2D eigenvalue weighted by Crippen LogP contribution is 2.26. The van der Waals surface area contributed by atoms with Gasteiger partial charge in [-0.25, -0.2) is 13.6 Å². The van der Waals surface area contributed by atoms with Gasteiger partial charge in [0.25, 0.3) is 0 Å². The molecule has 0 fully saturated rings. The number of aliphatic carboxylic acids is 1. The molecule has 0 saturated carbocycles. The predicted molar refractivity (Wildman–Crippen MR) is 91.4 cm³/mol. The summed E-state index contributed by atoms with van der Waals surface area (Å²) in [4.78, 5) is 34.8. The van der Waals surface area contributed by atoms with Crippen LogP contribution in [0.1, 0.15) is 40.0 Å². The van der Waals surface area contributed by atoms with E-state index in [1.807, 2.05) is 0 Å². The van der Waals surface area contributed by atoms with E-state index in [1.165, 1.54) is 0 Å². The Bertz CT molecular complexity index is 752. The van der Waals surface area contributed by atoms with Gasteiger partial charge in [-0.3, -0.25) is 9.59 Å². The average molecular weight is 423 g/mol. The number of halogens is 4. The molecule has 0 radical (unpaired) electrons. The van der Waals surface area contributed by atoms with Crippen molar-refractivity contribution in [3.8, 4) is 5.75 Å². The van der Waals surface area contributed by atoms with Crippen LogP contribution in [0.4, 0.5) is 22.4 Å². The number of hydrogen-bond donors (Lipinski definition) is 2. The Kier molecular flexibility index (Phi) is 8.41. The lowest BCUT2D eigenvalue weighted by Gasteiger charge is -2.23. The summed E-state index contributed by atoms with van der Waals surface area (Å²) in [6, 6.07) is -1.33. The molecule has 0 aliphatic heterocycles. The zero-order valence-electron chi connectivity index (χ0n) is 16.0. The lowest BCUT2D eigenvalue weighted by atomic mass is 10.1. The van der Waals surface area contributed by atoms with E-state index >= 15 is 0 Å². The van der Waals surface area contributed by atoms with Gasteiger partial charge in [-0.1, -0.05) is 0 Å². The lowest BCUT2D eigenvalue weighted by Crippen LogP contribution is -2.45. The third-order valence-electron chi connectivity index (χ3n) is 3.39. The molecular formula is C18H21F4NO6. The van der Waals surface area contributed by atoms with Crippen LogP contribution in [-0.2, 0) is 14.3 Å². The van der Waals surface area contributed by atoms with Gasteiger partial charge in [0.05, 0.1) is 6.04 Å². The second-order valence-corrected chi connectivity index (χ2v) is 7.04. The highest BCUT2D eigenvalue weighted by atomic mass is 19.2. The third-order valence-corrected chi connectivity index (χ3v) is 3.39. The summed E-state index contributed by atoms with van der Waals surface area (Å²) in [5.74, 6) is -10.5. The van der Waals surface area contributed by atoms with E-state index in [0.717, 1.165) is 0 Å². The number of carboxylic acid groups (broad SMARTS) is 1. The van der Waals surface area contributed by atoms with E-state index in [4.69, 9.17) is 9.84 Å². The Labute approximate surface area is 164 Å². The standard InChI is InChI=1S/C18H21F4NO6/c1-18(2,3)29-17(27)23-11(5-4-6-13(25)26)12(24)8-28-16-14(21)9(19)7-10(20)15(16)22/h7,11H,4-6,8H2,1-3H3,(H,23,27)(H,25,26). The van der Waals surface area contributed by atoms with Gasteiger partial charge in [-0.05, 0) is 33.6 Å². The molecule has 1 rings (SSSR count). The van der Waals surface area contributed by atoms with Gasteiger partial charge < -0.3 is 19.9 Å². The first kappa shape index (κ1) is 24.2. The Balaban J connectivity index is 2.88. The summed E-state index contributed by atoms with van der Waals surface area (Å²) >= 11 is 0. The first-order valence-electron chi connectivity index (χ1n) is 8.51. The number of hydrogen-bond acceptors (Lipinski definition) is 5. The van der Waals surface area contributed by atoms with E-state index in [2.05, 4.69) is 10.1 Å². The largest absolute Gasteiger partial charge is 0.481 e. The second-order valence-electron chi connectivity index (χ2n) is 7.04. The molecule has 0 bridgehead atoms. The maximum Gasteiger partial charge on any atom is 0.408 e. The Hall–Kier alpha value is -2.85. The maximum atomic E-state index is 13.6. The molecule has 0 spiro atoms. The summed E-state index contributed by atoms with van der Waals surface area (Å²) in [6.07, 6.45) is -1.45. The van der Waals surface area contributed by atoms with Crippen LogP contribution in [0.3, 0.4) is 0 Å². The summed E-state index contributed by atoms with van der Waals surface area (Å²) in [7, 11) is 0. The molecule has 2 N–H and O–H groups in total. The van der Waals surface area contributed by atoms with Crippen molar-refractivity contribution in [2.75, 3.05) is 6.61 Å². The molecule has 1 aromatic rings. The molecule has 0 aliphatic carbocycles. The van der Waals surface area contributed by atoms with Crippen LogP contribution >= 0.6 is 0 Å². The Morgan fingerprint density at radius 2 is 1.66 bits per heavy atom. The topological polar surface area (TPSA) is 102 Å². The fourth-order valence-corrected chi connectivity index (χ4v) is 2.14. The van der Waals surface area contributed by atoms with Gasteiger partial charge in [0, 0.05) is 12.5 Å². The third kappa shape index (κ3) is 7.96. The van der Waals surface area contributed by atoms with Crippen molar-refractivity contribution in [1.82, 2.24) is 5.32 Å². The van der Waals surface area contributed by atoms with E-state index in [9.17, 15) is 31.9 Å². The molecule has 7 nitrogen and oxygen atoms in total. The van der Waals surface area contributed by atoms with Crippen molar-refractivity contribution in [2.24, 2.45) is 0 Å². The molecule has 0 aromatic heterocycles. The predicted octanol–water partition coefficient (Wildman–Crippen LogP) is 3.34. The highest BCUT2D eigenvalue weighted by Gasteiger charge is 2.27. The quantitative estimate of drug-likeness (QED) is 0.467. The van der Waals surface area contributed by atoms with Crippen molar-refractivity contribution in [2.45, 2.75) is 51.7 Å². The number of carbonyl (C=O) groups is 3. The molecule has 29 heavy (non-hydrogen) atoms. The molecule has 1 unspecified atom stereocenters. The van der Waals surface area contributed by atoms with Crippen LogP contribution in [0, 0.1) is 23.3 Å². The van der Waals surface area contributed by atoms with Crippen LogP contribution in [0.15, 0.2) is 6.07 Å². The molecule has 1 atom stereocenters. The number of ketones is 1. The number of alkyl carbamates (subject to hydrolysis) is 1. The summed E-state index contributed by atoms with van der Waals surface area (Å²) in [5, 5.41) is 10.9. The van der Waals surface area contributed by atoms with Gasteiger partial charge in [-0.2, -0.15) is 8.78 Å². The van der Waals surface area contributed by atoms with E-state index in [0.29, 0.717) is 0 Å². The number of rotatable bonds is 9. The smallest absolute Gasteiger partial charge is 0.408 e. The van der Waals surface area contributed by atoms with Crippen LogP contribution in [0.5, 0.6) is 5.75 Å². The van der Waals surface area contributed by atoms with E-state index < -0.39 is 65.1 Å². The first-order valence-corrected chi connectivity index (χ1v) is 8.51. The van der Waals surface area contributed by atoms with Crippen molar-refractivity contribution >= 4 is 17.8 Å². The lowest BCUT2D eigenvalue weighted by molar-refractivity contribution is -0.137. The molecule has 1 aromatic carbocycles. The SMILES string of the molecule is CC(C)(C)OC(=O)NC(CCCC(=O)O)C(=O)COc1c(F)c(F)cc(F)c1F. The average Bonchev–Trinajstić information content (AvgIpc) is 2.57. The number of amides is 1. The van der Waals surface area contributed by atoms with Crippen LogP contribution in [-0.4, -0.2) is 41.2 Å². The van der Waals surface area contributed by atoms with E-state index in [-0.39, 0.29) is 25.3 Å². The minimum absolute atomic E-state index is 0.0150. The Morgan fingerprint density at radius 1 is 1.10 bits per heavy atom. The summed E-state index contributed by atoms with van der Waals surface area (Å²) in [6.45, 7) is 3.67. The molecule has 0 heterocycles. The highest BCUT2D eigenvalue weighted by molar-refractivity contribution is 5.88. The Morgan fingerprint density at radius 3 is 2.14 bits per heavy atom. The van der Waals surface area contributed by atoms with Crippen LogP contribution in [0.2, 0.25) is 0 Å². The van der Waals surface area contributed by atoms with Crippen molar-refractivity contribution in [3.05, 3.63) is 29.3 Å². The number of carbonyl (C=O) groups excluding carboxylic acids is 2. The number of nitrogens with one attached hydrogen (secondary N) is 1. The van der Waals surface area contributed by atoms with E-state index in [1.54, 1.807) is 20.8 Å². The second kappa shape index (κ2) is 10.1. The van der Waals surface area contributed by atoms with Gasteiger partial charge in [0.1, 0.15) is 12.2 Å². The number of ether oxygens (including phenoxy) is 2. The molecule has 0 saturated heterocycles. The molecule has 0 aliphatic rings. The molecular weight excluding hydrogens is 402 g/mol. The van der Waals surface area contributed by atoms with Gasteiger partial charge in [0.15, 0.2) is 23.2 Å². The van der Waals surface area contributed by atoms with Crippen LogP contribution < -0.4 is 10.1 Å². The summed E-state index contributed by atoms with van der Waals surface area (Å²) in [5.41, 5.74) is -0.888. The summed E-state index contributed by atoms with van der Waals surface area (Å²) < 4.78 is 63.2. The van der Waals surface area contributed by atoms with Crippen LogP contribution in [0.25, 0.3) is 0 Å². The minimum atomic E-state index is -1.82. The van der Waals surface area contributed by atoms with Gasteiger partial charge in [0.2, 0.25) is 11.6 Å². The molecule has 11 heteroatoms. The fourth-order valence-electron chi connectivity index (χ4n) is 2.14. The number of Topliss-reactive ketones (excluding diaryl/α,β-unsaturated/α-hetero) is 1. The normalized spacial score (nSPS) is 12.2. The monoisotopic (exact) mass is 423 g/mol. The fraction of sp³-hybridized carbons (Fsp3) is 0.500. The zero-order chi connectivity index (χ0) is 22.4. The first-order chi connectivity index (χ1) is 13.3. The van der Waals surface area contributed by atoms with Gasteiger partial charge >= 0.3 is 12.1 Å². The zero-order valence-corrected chi connectivity index (χ0v) is 16.0. The minimum Gasteiger partial charge on any atom is -0.481 e. The number of carboxylic acids is 1. The molecule has 1 amide bonds. The van der Waals surface area contributed by atoms with Crippen molar-refractivity contribution < 1.29 is 46.5 Å². The van der Waals surface area contributed by atoms with Gasteiger partial charge in [-0.15, -0.1) is 0 Å². The molecule has 162 valence electrons. The van der Waals surface area contributed by atoms with Crippen molar-refractivity contribution in [1.29, 1.82) is 0 Å². The maximum absolute atomic E-state index is 13.6. The number of benzene rings is 1. The van der Waals surface area contributed by atoms with Crippen molar-refractivity contribution in [3.63, 3.8) is 0 Å².